The number of likely N-dealkylation sites (N-methyl/N-ethyl adjacent to an activating group) is 1. The molecular formula is C21H23N3O3S2. The van der Waals surface area contributed by atoms with Gasteiger partial charge in [-0.3, -0.25) is 9.52 Å². The summed E-state index contributed by atoms with van der Waals surface area (Å²) in [6.45, 7) is 0.391. The fourth-order valence-corrected chi connectivity index (χ4v) is 5.01. The van der Waals surface area contributed by atoms with Crippen molar-refractivity contribution < 1.29 is 13.2 Å². The Hall–Kier alpha value is -2.68. The van der Waals surface area contributed by atoms with Crippen LogP contribution >= 0.6 is 11.3 Å². The Morgan fingerprint density at radius 1 is 1.00 bits per heavy atom. The molecule has 0 bridgehead atoms. The molecule has 3 rings (SSSR count). The van der Waals surface area contributed by atoms with Gasteiger partial charge in [-0.05, 0) is 43.2 Å². The summed E-state index contributed by atoms with van der Waals surface area (Å²) in [5.41, 5.74) is 1.61. The van der Waals surface area contributed by atoms with Crippen molar-refractivity contribution in [2.24, 2.45) is 0 Å². The summed E-state index contributed by atoms with van der Waals surface area (Å²) in [6.07, 6.45) is 0. The molecule has 29 heavy (non-hydrogen) atoms. The minimum atomic E-state index is -3.73. The summed E-state index contributed by atoms with van der Waals surface area (Å²) in [7, 11) is 0.169. The van der Waals surface area contributed by atoms with Crippen molar-refractivity contribution in [3.63, 3.8) is 0 Å². The molecule has 0 aliphatic carbocycles. The lowest BCUT2D eigenvalue weighted by Gasteiger charge is -2.25. The Kier molecular flexibility index (Phi) is 6.68. The van der Waals surface area contributed by atoms with Crippen LogP contribution in [0, 0.1) is 0 Å². The molecule has 0 aliphatic rings. The number of sulfonamides is 1. The molecule has 0 fully saturated rings. The van der Waals surface area contributed by atoms with E-state index in [1.807, 2.05) is 49.3 Å². The lowest BCUT2D eigenvalue weighted by atomic mass is 10.1. The summed E-state index contributed by atoms with van der Waals surface area (Å²) < 4.78 is 27.8. The normalized spacial score (nSPS) is 12.5. The van der Waals surface area contributed by atoms with E-state index in [2.05, 4.69) is 10.0 Å². The smallest absolute Gasteiger partial charge is 0.271 e. The van der Waals surface area contributed by atoms with Gasteiger partial charge in [-0.1, -0.05) is 48.5 Å². The number of rotatable bonds is 8. The van der Waals surface area contributed by atoms with E-state index in [0.717, 1.165) is 16.9 Å². The predicted octanol–water partition coefficient (Wildman–Crippen LogP) is 3.58. The molecule has 152 valence electrons. The minimum Gasteiger partial charge on any atom is -0.350 e. The molecule has 0 saturated heterocycles. The molecule has 1 amide bonds. The van der Waals surface area contributed by atoms with Crippen molar-refractivity contribution in [3.05, 3.63) is 83.2 Å². The second-order valence-electron chi connectivity index (χ2n) is 6.68. The Bertz CT molecular complexity index is 1050. The highest BCUT2D eigenvalue weighted by atomic mass is 32.2. The lowest BCUT2D eigenvalue weighted by Crippen LogP contribution is -2.35. The van der Waals surface area contributed by atoms with Gasteiger partial charge in [0.15, 0.2) is 0 Å². The SMILES string of the molecule is CN(C)[C@H](CNC(=O)c1ccccc1NS(=O)(=O)c1cccs1)c1ccccc1. The predicted molar refractivity (Wildman–Crippen MR) is 117 cm³/mol. The molecular weight excluding hydrogens is 406 g/mol. The Morgan fingerprint density at radius 2 is 1.69 bits per heavy atom. The zero-order valence-corrected chi connectivity index (χ0v) is 17.8. The monoisotopic (exact) mass is 429 g/mol. The topological polar surface area (TPSA) is 78.5 Å². The molecule has 2 N–H and O–H groups in total. The largest absolute Gasteiger partial charge is 0.350 e. The number of carbonyl (C=O) groups is 1. The molecule has 2 aromatic carbocycles. The molecule has 0 saturated carbocycles. The second-order valence-corrected chi connectivity index (χ2v) is 9.54. The van der Waals surface area contributed by atoms with Crippen molar-refractivity contribution in [2.45, 2.75) is 10.3 Å². The molecule has 0 aliphatic heterocycles. The number of thiophene rings is 1. The molecule has 0 spiro atoms. The van der Waals surface area contributed by atoms with Crippen LogP contribution in [0.3, 0.4) is 0 Å². The molecule has 6 nitrogen and oxygen atoms in total. The fraction of sp³-hybridized carbons (Fsp3) is 0.190. The average molecular weight is 430 g/mol. The van der Waals surface area contributed by atoms with Crippen LogP contribution in [0.25, 0.3) is 0 Å². The number of benzene rings is 2. The zero-order valence-electron chi connectivity index (χ0n) is 16.2. The van der Waals surface area contributed by atoms with Crippen molar-refractivity contribution in [2.75, 3.05) is 25.4 Å². The number of nitrogens with one attached hydrogen (secondary N) is 2. The van der Waals surface area contributed by atoms with E-state index < -0.39 is 10.0 Å². The van der Waals surface area contributed by atoms with E-state index in [0.29, 0.717) is 6.54 Å². The van der Waals surface area contributed by atoms with Crippen molar-refractivity contribution >= 4 is 33.0 Å². The van der Waals surface area contributed by atoms with Gasteiger partial charge in [-0.15, -0.1) is 11.3 Å². The highest BCUT2D eigenvalue weighted by Gasteiger charge is 2.20. The number of carbonyl (C=O) groups excluding carboxylic acids is 1. The molecule has 1 atom stereocenters. The molecule has 1 aromatic heterocycles. The van der Waals surface area contributed by atoms with Gasteiger partial charge in [0, 0.05) is 6.54 Å². The van der Waals surface area contributed by atoms with Gasteiger partial charge in [-0.2, -0.15) is 0 Å². The van der Waals surface area contributed by atoms with E-state index in [4.69, 9.17) is 0 Å². The van der Waals surface area contributed by atoms with Gasteiger partial charge >= 0.3 is 0 Å². The average Bonchev–Trinajstić information content (AvgIpc) is 3.25. The summed E-state index contributed by atoms with van der Waals surface area (Å²) in [4.78, 5) is 14.9. The Morgan fingerprint density at radius 3 is 2.34 bits per heavy atom. The van der Waals surface area contributed by atoms with Crippen molar-refractivity contribution in [3.8, 4) is 0 Å². The van der Waals surface area contributed by atoms with Crippen molar-refractivity contribution in [1.82, 2.24) is 10.2 Å². The second kappa shape index (κ2) is 9.21. The molecule has 0 radical (unpaired) electrons. The third-order valence-electron chi connectivity index (χ3n) is 4.44. The van der Waals surface area contributed by atoms with E-state index >= 15 is 0 Å². The van der Waals surface area contributed by atoms with Gasteiger partial charge in [0.2, 0.25) is 0 Å². The maximum atomic E-state index is 12.8. The molecule has 3 aromatic rings. The fourth-order valence-electron chi connectivity index (χ4n) is 2.94. The number of hydrogen-bond donors (Lipinski definition) is 2. The van der Waals surface area contributed by atoms with E-state index in [9.17, 15) is 13.2 Å². The summed E-state index contributed by atoms with van der Waals surface area (Å²) >= 11 is 1.12. The maximum Gasteiger partial charge on any atom is 0.271 e. The van der Waals surface area contributed by atoms with Gasteiger partial charge in [0.25, 0.3) is 15.9 Å². The first-order valence-corrected chi connectivity index (χ1v) is 11.4. The van der Waals surface area contributed by atoms with E-state index in [1.165, 1.54) is 6.07 Å². The third-order valence-corrected chi connectivity index (χ3v) is 7.20. The summed E-state index contributed by atoms with van der Waals surface area (Å²) in [5, 5.41) is 4.62. The maximum absolute atomic E-state index is 12.8. The summed E-state index contributed by atoms with van der Waals surface area (Å²) in [6, 6.07) is 19.7. The van der Waals surface area contributed by atoms with Crippen LogP contribution in [0.2, 0.25) is 0 Å². The van der Waals surface area contributed by atoms with Crippen molar-refractivity contribution in [1.29, 1.82) is 0 Å². The first kappa shape index (κ1) is 21.0. The standard InChI is InChI=1S/C21H23N3O3S2/c1-24(2)19(16-9-4-3-5-10-16)15-22-21(25)17-11-6-7-12-18(17)23-29(26,27)20-13-8-14-28-20/h3-14,19,23H,15H2,1-2H3,(H,22,25)/t19-/m1/s1. The van der Waals surface area contributed by atoms with Crippen LogP contribution in [0.1, 0.15) is 22.0 Å². The minimum absolute atomic E-state index is 0.00452. The van der Waals surface area contributed by atoms with Gasteiger partial charge in [0.1, 0.15) is 4.21 Å². The Balaban J connectivity index is 1.76. The number of nitrogens with zero attached hydrogens (tertiary/aromatic N) is 1. The molecule has 0 unspecified atom stereocenters. The van der Waals surface area contributed by atoms with Gasteiger partial charge in [-0.25, -0.2) is 8.42 Å². The van der Waals surface area contributed by atoms with E-state index in [-0.39, 0.29) is 27.4 Å². The van der Waals surface area contributed by atoms with Gasteiger partial charge < -0.3 is 10.2 Å². The Labute approximate surface area is 175 Å². The zero-order chi connectivity index (χ0) is 20.9. The molecule has 8 heteroatoms. The lowest BCUT2D eigenvalue weighted by molar-refractivity contribution is 0.0943. The van der Waals surface area contributed by atoms with Crippen LogP contribution < -0.4 is 10.0 Å². The number of para-hydroxylation sites is 1. The number of hydrogen-bond acceptors (Lipinski definition) is 5. The van der Waals surface area contributed by atoms with Crippen LogP contribution in [0.15, 0.2) is 76.3 Å². The van der Waals surface area contributed by atoms with Crippen LogP contribution in [-0.2, 0) is 10.0 Å². The summed E-state index contributed by atoms with van der Waals surface area (Å²) in [5.74, 6) is -0.336. The van der Waals surface area contributed by atoms with Gasteiger partial charge in [0.05, 0.1) is 17.3 Å². The highest BCUT2D eigenvalue weighted by molar-refractivity contribution is 7.94. The van der Waals surface area contributed by atoms with Crippen LogP contribution in [0.4, 0.5) is 5.69 Å². The van der Waals surface area contributed by atoms with E-state index in [1.54, 1.807) is 35.7 Å². The molecule has 1 heterocycles. The number of amides is 1. The van der Waals surface area contributed by atoms with Crippen LogP contribution in [-0.4, -0.2) is 39.9 Å². The quantitative estimate of drug-likeness (QED) is 0.574. The van der Waals surface area contributed by atoms with Crippen LogP contribution in [0.5, 0.6) is 0 Å². The number of anilines is 1. The highest BCUT2D eigenvalue weighted by Crippen LogP contribution is 2.23. The first-order chi connectivity index (χ1) is 13.9. The first-order valence-electron chi connectivity index (χ1n) is 9.03. The third kappa shape index (κ3) is 5.23.